The first kappa shape index (κ1) is 24.1. The lowest BCUT2D eigenvalue weighted by Crippen LogP contribution is -2.16. The van der Waals surface area contributed by atoms with Gasteiger partial charge in [0.15, 0.2) is 5.13 Å². The lowest BCUT2D eigenvalue weighted by atomic mass is 10.2. The van der Waals surface area contributed by atoms with Crippen molar-refractivity contribution in [2.45, 2.75) is 6.36 Å². The molecule has 0 aliphatic rings. The number of carboxylic acids is 1. The molecule has 0 aliphatic heterocycles. The largest absolute Gasteiger partial charge is 0.573 e. The number of methoxy groups -OCH3 is 1. The Morgan fingerprint density at radius 3 is 2.45 bits per heavy atom. The molecular formula is C20H20F3N5O4S. The molecule has 0 amide bonds. The number of fused-ring (bicyclic) bond motifs is 2. The van der Waals surface area contributed by atoms with Crippen molar-refractivity contribution in [1.29, 1.82) is 0 Å². The van der Waals surface area contributed by atoms with E-state index < -0.39 is 12.3 Å². The standard InChI is InChI=1S/C18H13F3N4O4S.C2H7N/c1-25-12-7-13(28-2)9(15(26)27)6-11(12)22-16(25)24-17-23-10-4-3-8(5-14(10)30-17)29-18(19,20)21;1-3-2/h3-7H,1-2H3,(H,26,27)(H,22,23,24);3H,1-2H3. The average Bonchev–Trinajstić information content (AvgIpc) is 3.26. The number of halogens is 3. The molecule has 9 nitrogen and oxygen atoms in total. The van der Waals surface area contributed by atoms with E-state index >= 15 is 0 Å². The molecular weight excluding hydrogens is 463 g/mol. The van der Waals surface area contributed by atoms with E-state index in [0.29, 0.717) is 32.3 Å². The van der Waals surface area contributed by atoms with Crippen LogP contribution in [0.1, 0.15) is 10.4 Å². The predicted octanol–water partition coefficient (Wildman–Crippen LogP) is 4.37. The van der Waals surface area contributed by atoms with Crippen LogP contribution in [0.15, 0.2) is 30.3 Å². The Balaban J connectivity index is 0.000000968. The second-order valence-electron chi connectivity index (χ2n) is 6.66. The maximum absolute atomic E-state index is 12.4. The van der Waals surface area contributed by atoms with E-state index in [4.69, 9.17) is 4.74 Å². The van der Waals surface area contributed by atoms with Crippen LogP contribution < -0.4 is 20.1 Å². The van der Waals surface area contributed by atoms with Crippen LogP contribution in [0.2, 0.25) is 0 Å². The quantitative estimate of drug-likeness (QED) is 0.384. The summed E-state index contributed by atoms with van der Waals surface area (Å²) in [6.45, 7) is 0. The smallest absolute Gasteiger partial charge is 0.496 e. The van der Waals surface area contributed by atoms with Crippen LogP contribution in [-0.4, -0.2) is 53.2 Å². The molecule has 2 aromatic heterocycles. The number of anilines is 2. The van der Waals surface area contributed by atoms with E-state index in [1.54, 1.807) is 17.7 Å². The Hall–Kier alpha value is -3.58. The number of hydrogen-bond donors (Lipinski definition) is 3. The third-order valence-electron chi connectivity index (χ3n) is 4.24. The fourth-order valence-corrected chi connectivity index (χ4v) is 3.81. The Morgan fingerprint density at radius 1 is 1.15 bits per heavy atom. The number of nitrogens with one attached hydrogen (secondary N) is 2. The van der Waals surface area contributed by atoms with Crippen molar-refractivity contribution in [3.8, 4) is 11.5 Å². The zero-order valence-electron chi connectivity index (χ0n) is 17.9. The molecule has 0 radical (unpaired) electrons. The summed E-state index contributed by atoms with van der Waals surface area (Å²) in [6, 6.07) is 6.84. The zero-order chi connectivity index (χ0) is 24.3. The van der Waals surface area contributed by atoms with Crippen molar-refractivity contribution in [3.05, 3.63) is 35.9 Å². The minimum Gasteiger partial charge on any atom is -0.496 e. The number of ether oxygens (including phenoxy) is 2. The molecule has 0 aliphatic carbocycles. The molecule has 176 valence electrons. The summed E-state index contributed by atoms with van der Waals surface area (Å²) in [7, 11) is 6.85. The summed E-state index contributed by atoms with van der Waals surface area (Å²) in [4.78, 5) is 20.1. The SMILES string of the molecule is CNC.COc1cc2c(cc1C(=O)O)nc(Nc1nc3ccc(OC(F)(F)F)cc3s1)n2C. The van der Waals surface area contributed by atoms with Gasteiger partial charge in [-0.05, 0) is 32.3 Å². The highest BCUT2D eigenvalue weighted by atomic mass is 32.1. The van der Waals surface area contributed by atoms with E-state index in [1.807, 2.05) is 14.1 Å². The monoisotopic (exact) mass is 483 g/mol. The van der Waals surface area contributed by atoms with Crippen LogP contribution in [0, 0.1) is 0 Å². The lowest BCUT2D eigenvalue weighted by molar-refractivity contribution is -0.274. The number of aryl methyl sites for hydroxylation is 1. The van der Waals surface area contributed by atoms with Gasteiger partial charge in [-0.3, -0.25) is 0 Å². The minimum absolute atomic E-state index is 0.0215. The van der Waals surface area contributed by atoms with Crippen LogP contribution in [0.3, 0.4) is 0 Å². The molecule has 2 aromatic carbocycles. The van der Waals surface area contributed by atoms with Crippen molar-refractivity contribution in [2.24, 2.45) is 7.05 Å². The first-order valence-electron chi connectivity index (χ1n) is 9.36. The normalized spacial score (nSPS) is 11.2. The summed E-state index contributed by atoms with van der Waals surface area (Å²) in [5, 5.41) is 15.5. The highest BCUT2D eigenvalue weighted by Gasteiger charge is 2.31. The number of benzene rings is 2. The lowest BCUT2D eigenvalue weighted by Gasteiger charge is -2.07. The number of thiazole rings is 1. The molecule has 0 saturated heterocycles. The Labute approximate surface area is 189 Å². The molecule has 4 aromatic rings. The van der Waals surface area contributed by atoms with Crippen LogP contribution >= 0.6 is 11.3 Å². The second-order valence-corrected chi connectivity index (χ2v) is 7.69. The molecule has 4 rings (SSSR count). The van der Waals surface area contributed by atoms with Crippen molar-refractivity contribution in [2.75, 3.05) is 26.5 Å². The highest BCUT2D eigenvalue weighted by Crippen LogP contribution is 2.34. The molecule has 0 bridgehead atoms. The van der Waals surface area contributed by atoms with Crippen molar-refractivity contribution in [1.82, 2.24) is 19.9 Å². The number of carboxylic acid groups (broad SMARTS) is 1. The Morgan fingerprint density at radius 2 is 1.85 bits per heavy atom. The number of aromatic nitrogens is 3. The number of imidazole rings is 1. The maximum Gasteiger partial charge on any atom is 0.573 e. The summed E-state index contributed by atoms with van der Waals surface area (Å²) in [5.41, 5.74) is 1.53. The molecule has 0 unspecified atom stereocenters. The summed E-state index contributed by atoms with van der Waals surface area (Å²) in [5.74, 6) is -0.902. The van der Waals surface area contributed by atoms with E-state index in [9.17, 15) is 23.1 Å². The molecule has 0 spiro atoms. The van der Waals surface area contributed by atoms with Crippen LogP contribution in [0.4, 0.5) is 24.3 Å². The van der Waals surface area contributed by atoms with Gasteiger partial charge < -0.3 is 29.8 Å². The van der Waals surface area contributed by atoms with Gasteiger partial charge >= 0.3 is 12.3 Å². The number of rotatable bonds is 5. The average molecular weight is 483 g/mol. The number of alkyl halides is 3. The molecule has 2 heterocycles. The minimum atomic E-state index is -4.78. The topological polar surface area (TPSA) is 111 Å². The summed E-state index contributed by atoms with van der Waals surface area (Å²) in [6.07, 6.45) is -4.78. The second kappa shape index (κ2) is 9.50. The zero-order valence-corrected chi connectivity index (χ0v) is 18.8. The van der Waals surface area contributed by atoms with Crippen molar-refractivity contribution >= 4 is 49.6 Å². The molecule has 3 N–H and O–H groups in total. The first-order chi connectivity index (χ1) is 15.6. The van der Waals surface area contributed by atoms with Gasteiger partial charge in [0.1, 0.15) is 17.1 Å². The van der Waals surface area contributed by atoms with Gasteiger partial charge in [0.25, 0.3) is 0 Å². The van der Waals surface area contributed by atoms with Gasteiger partial charge in [0.2, 0.25) is 5.95 Å². The van der Waals surface area contributed by atoms with Gasteiger partial charge in [-0.15, -0.1) is 13.2 Å². The highest BCUT2D eigenvalue weighted by molar-refractivity contribution is 7.22. The molecule has 0 atom stereocenters. The van der Waals surface area contributed by atoms with Gasteiger partial charge in [-0.1, -0.05) is 11.3 Å². The van der Waals surface area contributed by atoms with Gasteiger partial charge in [0, 0.05) is 19.2 Å². The number of carbonyl (C=O) groups is 1. The third-order valence-corrected chi connectivity index (χ3v) is 5.18. The molecule has 0 fully saturated rings. The van der Waals surface area contributed by atoms with Gasteiger partial charge in [0.05, 0.1) is 28.4 Å². The van der Waals surface area contributed by atoms with Crippen LogP contribution in [0.5, 0.6) is 11.5 Å². The molecule has 13 heteroatoms. The van der Waals surface area contributed by atoms with E-state index in [-0.39, 0.29) is 17.1 Å². The summed E-state index contributed by atoms with van der Waals surface area (Å²) >= 11 is 1.12. The fraction of sp³-hybridized carbons (Fsp3) is 0.250. The van der Waals surface area contributed by atoms with Crippen LogP contribution in [-0.2, 0) is 7.05 Å². The number of aromatic carboxylic acids is 1. The predicted molar refractivity (Wildman–Crippen MR) is 119 cm³/mol. The van der Waals surface area contributed by atoms with Crippen LogP contribution in [0.25, 0.3) is 21.3 Å². The maximum atomic E-state index is 12.4. The number of nitrogens with zero attached hydrogens (tertiary/aromatic N) is 3. The Bertz CT molecular complexity index is 1300. The Kier molecular flexibility index (Phi) is 6.93. The fourth-order valence-electron chi connectivity index (χ4n) is 2.92. The van der Waals surface area contributed by atoms with E-state index in [1.165, 1.54) is 31.4 Å². The number of hydrogen-bond acceptors (Lipinski definition) is 8. The first-order valence-corrected chi connectivity index (χ1v) is 10.2. The van der Waals surface area contributed by atoms with Crippen molar-refractivity contribution < 1.29 is 32.5 Å². The molecule has 33 heavy (non-hydrogen) atoms. The third kappa shape index (κ3) is 5.43. The van der Waals surface area contributed by atoms with Gasteiger partial charge in [-0.25, -0.2) is 14.8 Å². The molecule has 0 saturated carbocycles. The van der Waals surface area contributed by atoms with Crippen molar-refractivity contribution in [3.63, 3.8) is 0 Å². The summed E-state index contributed by atoms with van der Waals surface area (Å²) < 4.78 is 48.5. The van der Waals surface area contributed by atoms with Gasteiger partial charge in [-0.2, -0.15) is 0 Å². The van der Waals surface area contributed by atoms with E-state index in [0.717, 1.165) is 11.3 Å². The van der Waals surface area contributed by atoms with E-state index in [2.05, 4.69) is 25.3 Å².